The summed E-state index contributed by atoms with van der Waals surface area (Å²) in [6.07, 6.45) is 0.856. The summed E-state index contributed by atoms with van der Waals surface area (Å²) in [4.78, 5) is 17.1. The number of sulfonamides is 1. The molecule has 1 fully saturated rings. The van der Waals surface area contributed by atoms with Gasteiger partial charge in [-0.05, 0) is 56.4 Å². The molecule has 2 N–H and O–H groups in total. The Morgan fingerprint density at radius 1 is 1.06 bits per heavy atom. The summed E-state index contributed by atoms with van der Waals surface area (Å²) in [5, 5.41) is 3.21. The van der Waals surface area contributed by atoms with E-state index in [1.165, 1.54) is 24.3 Å². The fourth-order valence-corrected chi connectivity index (χ4v) is 5.11. The number of carbonyl (C=O) groups excluding carboxylic acids is 1. The Balaban J connectivity index is 1.55. The average molecular weight is 485 g/mol. The van der Waals surface area contributed by atoms with Crippen molar-refractivity contribution in [1.29, 1.82) is 0 Å². The number of piperazine rings is 1. The lowest BCUT2D eigenvalue weighted by molar-refractivity contribution is 0.0949. The molecule has 0 spiro atoms. The zero-order chi connectivity index (χ0) is 22.4. The first-order valence-electron chi connectivity index (χ1n) is 10.0. The van der Waals surface area contributed by atoms with Crippen molar-refractivity contribution in [1.82, 2.24) is 15.1 Å². The fraction of sp³-hybridized carbons (Fsp3) is 0.381. The second-order valence-corrected chi connectivity index (χ2v) is 10.0. The van der Waals surface area contributed by atoms with Crippen LogP contribution in [0.15, 0.2) is 47.4 Å². The Labute approximate surface area is 193 Å². The highest BCUT2D eigenvalue weighted by Gasteiger charge is 2.19. The minimum absolute atomic E-state index is 0.0612. The van der Waals surface area contributed by atoms with Crippen molar-refractivity contribution in [3.63, 3.8) is 0 Å². The molecule has 1 aliphatic rings. The quantitative estimate of drug-likeness (QED) is 0.562. The van der Waals surface area contributed by atoms with E-state index in [4.69, 9.17) is 23.2 Å². The van der Waals surface area contributed by atoms with Crippen molar-refractivity contribution >= 4 is 44.8 Å². The normalized spacial score (nSPS) is 15.6. The third-order valence-corrected chi connectivity index (χ3v) is 7.19. The Kier molecular flexibility index (Phi) is 8.18. The number of hydrogen-bond acceptors (Lipinski definition) is 5. The third-order valence-electron chi connectivity index (χ3n) is 5.09. The molecule has 0 bridgehead atoms. The molecule has 1 amide bonds. The Bertz CT molecular complexity index is 1030. The van der Waals surface area contributed by atoms with Gasteiger partial charge in [-0.15, -0.1) is 0 Å². The Morgan fingerprint density at radius 2 is 1.81 bits per heavy atom. The molecule has 2 aromatic carbocycles. The molecule has 3 rings (SSSR count). The largest absolute Gasteiger partial charge is 0.352 e. The number of rotatable bonds is 8. The Morgan fingerprint density at radius 3 is 2.55 bits per heavy atom. The standard InChI is InChI=1S/C21H26Cl2N4O3S/c1-26-10-12-27(13-11-26)9-3-8-24-21(28)16-4-2-5-18(14-16)25-31(29,30)20-15-17(22)6-7-19(20)23/h2,4-7,14-15,25H,3,8-13H2,1H3,(H,24,28). The summed E-state index contributed by atoms with van der Waals surface area (Å²) in [7, 11) is -1.83. The van der Waals surface area contributed by atoms with Gasteiger partial charge in [-0.1, -0.05) is 29.3 Å². The van der Waals surface area contributed by atoms with Crippen LogP contribution in [0.1, 0.15) is 16.8 Å². The van der Waals surface area contributed by atoms with Crippen LogP contribution >= 0.6 is 23.2 Å². The number of benzene rings is 2. The maximum atomic E-state index is 12.7. The van der Waals surface area contributed by atoms with E-state index in [9.17, 15) is 13.2 Å². The molecule has 168 valence electrons. The molecule has 1 saturated heterocycles. The molecule has 1 aliphatic heterocycles. The first-order chi connectivity index (χ1) is 14.7. The molecule has 0 saturated carbocycles. The Hall–Kier alpha value is -1.84. The van der Waals surface area contributed by atoms with Crippen LogP contribution < -0.4 is 10.0 Å². The van der Waals surface area contributed by atoms with E-state index in [1.807, 2.05) is 0 Å². The summed E-state index contributed by atoms with van der Waals surface area (Å²) >= 11 is 11.9. The van der Waals surface area contributed by atoms with Crippen molar-refractivity contribution < 1.29 is 13.2 Å². The van der Waals surface area contributed by atoms with Crippen LogP contribution in [0.2, 0.25) is 10.0 Å². The summed E-state index contributed by atoms with van der Waals surface area (Å²) in [5.74, 6) is -0.250. The molecule has 10 heteroatoms. The van der Waals surface area contributed by atoms with Crippen molar-refractivity contribution in [2.45, 2.75) is 11.3 Å². The van der Waals surface area contributed by atoms with Gasteiger partial charge in [0.1, 0.15) is 4.90 Å². The van der Waals surface area contributed by atoms with Crippen molar-refractivity contribution in [2.75, 3.05) is 51.0 Å². The second kappa shape index (κ2) is 10.7. The van der Waals surface area contributed by atoms with E-state index in [1.54, 1.807) is 18.2 Å². The van der Waals surface area contributed by atoms with Gasteiger partial charge in [-0.3, -0.25) is 9.52 Å². The van der Waals surface area contributed by atoms with Gasteiger partial charge >= 0.3 is 0 Å². The summed E-state index contributed by atoms with van der Waals surface area (Å²) in [6, 6.07) is 10.5. The van der Waals surface area contributed by atoms with E-state index in [0.717, 1.165) is 39.1 Å². The van der Waals surface area contributed by atoms with Crippen LogP contribution in [-0.4, -0.2) is 70.4 Å². The van der Waals surface area contributed by atoms with Gasteiger partial charge in [0, 0.05) is 49.0 Å². The molecule has 2 aromatic rings. The van der Waals surface area contributed by atoms with Gasteiger partial charge < -0.3 is 15.1 Å². The van der Waals surface area contributed by atoms with Gasteiger partial charge in [0.25, 0.3) is 15.9 Å². The van der Waals surface area contributed by atoms with Gasteiger partial charge in [-0.2, -0.15) is 0 Å². The van der Waals surface area contributed by atoms with E-state index >= 15 is 0 Å². The lowest BCUT2D eigenvalue weighted by atomic mass is 10.2. The zero-order valence-corrected chi connectivity index (χ0v) is 19.6. The van der Waals surface area contributed by atoms with Gasteiger partial charge in [0.15, 0.2) is 0 Å². The van der Waals surface area contributed by atoms with Crippen molar-refractivity contribution in [3.8, 4) is 0 Å². The van der Waals surface area contributed by atoms with Crippen LogP contribution in [0.5, 0.6) is 0 Å². The predicted octanol–water partition coefficient (Wildman–Crippen LogP) is 3.16. The molecule has 31 heavy (non-hydrogen) atoms. The van der Waals surface area contributed by atoms with Crippen LogP contribution in [-0.2, 0) is 10.0 Å². The minimum Gasteiger partial charge on any atom is -0.352 e. The number of nitrogens with zero attached hydrogens (tertiary/aromatic N) is 2. The topological polar surface area (TPSA) is 81.8 Å². The van der Waals surface area contributed by atoms with Gasteiger partial charge in [-0.25, -0.2) is 8.42 Å². The highest BCUT2D eigenvalue weighted by molar-refractivity contribution is 7.92. The monoisotopic (exact) mass is 484 g/mol. The highest BCUT2D eigenvalue weighted by Crippen LogP contribution is 2.27. The molecular weight excluding hydrogens is 459 g/mol. The average Bonchev–Trinajstić information content (AvgIpc) is 2.74. The predicted molar refractivity (Wildman–Crippen MR) is 125 cm³/mol. The fourth-order valence-electron chi connectivity index (χ4n) is 3.30. The molecule has 0 radical (unpaired) electrons. The number of likely N-dealkylation sites (N-methyl/N-ethyl adjacent to an activating group) is 1. The summed E-state index contributed by atoms with van der Waals surface area (Å²) in [6.45, 7) is 5.71. The van der Waals surface area contributed by atoms with Crippen LogP contribution in [0, 0.1) is 0 Å². The maximum Gasteiger partial charge on any atom is 0.263 e. The first-order valence-corrected chi connectivity index (χ1v) is 12.3. The molecule has 1 heterocycles. The first kappa shape index (κ1) is 23.8. The molecule has 0 aliphatic carbocycles. The lowest BCUT2D eigenvalue weighted by Crippen LogP contribution is -2.45. The van der Waals surface area contributed by atoms with Crippen LogP contribution in [0.25, 0.3) is 0 Å². The van der Waals surface area contributed by atoms with Crippen LogP contribution in [0.3, 0.4) is 0 Å². The number of carbonyl (C=O) groups is 1. The molecule has 0 aromatic heterocycles. The van der Waals surface area contributed by atoms with E-state index < -0.39 is 10.0 Å². The van der Waals surface area contributed by atoms with E-state index in [-0.39, 0.29) is 26.5 Å². The third kappa shape index (κ3) is 6.82. The van der Waals surface area contributed by atoms with Gasteiger partial charge in [0.2, 0.25) is 0 Å². The number of halogens is 2. The number of hydrogen-bond donors (Lipinski definition) is 2. The number of amides is 1. The second-order valence-electron chi connectivity index (χ2n) is 7.52. The molecule has 0 atom stereocenters. The smallest absolute Gasteiger partial charge is 0.263 e. The molecular formula is C21H26Cl2N4O3S. The van der Waals surface area contributed by atoms with E-state index in [0.29, 0.717) is 12.1 Å². The number of nitrogens with one attached hydrogen (secondary N) is 2. The summed E-state index contributed by atoms with van der Waals surface area (Å²) in [5.41, 5.74) is 0.637. The molecule has 7 nitrogen and oxygen atoms in total. The van der Waals surface area contributed by atoms with Crippen molar-refractivity contribution in [3.05, 3.63) is 58.1 Å². The highest BCUT2D eigenvalue weighted by atomic mass is 35.5. The van der Waals surface area contributed by atoms with Crippen LogP contribution in [0.4, 0.5) is 5.69 Å². The molecule has 0 unspecified atom stereocenters. The SMILES string of the molecule is CN1CCN(CCCNC(=O)c2cccc(NS(=O)(=O)c3cc(Cl)ccc3Cl)c2)CC1. The number of anilines is 1. The zero-order valence-electron chi connectivity index (χ0n) is 17.3. The maximum absolute atomic E-state index is 12.7. The van der Waals surface area contributed by atoms with Gasteiger partial charge in [0.05, 0.1) is 5.02 Å². The summed E-state index contributed by atoms with van der Waals surface area (Å²) < 4.78 is 27.8. The minimum atomic E-state index is -3.95. The lowest BCUT2D eigenvalue weighted by Gasteiger charge is -2.32. The van der Waals surface area contributed by atoms with Crippen molar-refractivity contribution in [2.24, 2.45) is 0 Å². The van der Waals surface area contributed by atoms with E-state index in [2.05, 4.69) is 26.9 Å².